The van der Waals surface area contributed by atoms with Crippen LogP contribution in [-0.2, 0) is 0 Å². The number of rotatable bonds is 5. The summed E-state index contributed by atoms with van der Waals surface area (Å²) in [5, 5.41) is 10.1. The molecule has 1 heterocycles. The van der Waals surface area contributed by atoms with E-state index in [0.29, 0.717) is 0 Å². The maximum absolute atomic E-state index is 5.05. The van der Waals surface area contributed by atoms with E-state index in [2.05, 4.69) is 158 Å². The standard InChI is InChI=1S/C50H32N2/c1-3-12-33(13-4-1)48-32-49(52-50(51-48)34-14-5-2-6-15-34)41-25-24-38-29-37(22-23-39(38)30-41)35-16-11-17-36(28-35)40-26-27-46-44-20-8-7-18-42(44)43-19-9-10-21-45(43)47(46)31-40/h1-32H. The van der Waals surface area contributed by atoms with Gasteiger partial charge in [-0.05, 0) is 95.7 Å². The van der Waals surface area contributed by atoms with Crippen molar-refractivity contribution in [2.45, 2.75) is 0 Å². The topological polar surface area (TPSA) is 25.8 Å². The highest BCUT2D eigenvalue weighted by Crippen LogP contribution is 2.38. The first-order chi connectivity index (χ1) is 25.7. The molecule has 0 saturated heterocycles. The zero-order valence-electron chi connectivity index (χ0n) is 28.4. The van der Waals surface area contributed by atoms with Gasteiger partial charge in [0.15, 0.2) is 5.82 Å². The van der Waals surface area contributed by atoms with E-state index in [1.807, 2.05) is 36.4 Å². The Kier molecular flexibility index (Phi) is 7.18. The van der Waals surface area contributed by atoms with Crippen molar-refractivity contribution in [1.82, 2.24) is 9.97 Å². The minimum atomic E-state index is 0.722. The Labute approximate surface area is 302 Å². The van der Waals surface area contributed by atoms with Crippen LogP contribution in [0, 0.1) is 0 Å². The largest absolute Gasteiger partial charge is 0.228 e. The summed E-state index contributed by atoms with van der Waals surface area (Å²) in [5.74, 6) is 0.722. The van der Waals surface area contributed by atoms with Gasteiger partial charge in [-0.25, -0.2) is 9.97 Å². The molecule has 1 aromatic heterocycles. The normalized spacial score (nSPS) is 11.5. The van der Waals surface area contributed by atoms with Gasteiger partial charge in [-0.15, -0.1) is 0 Å². The maximum Gasteiger partial charge on any atom is 0.160 e. The third-order valence-corrected chi connectivity index (χ3v) is 10.2. The van der Waals surface area contributed by atoms with E-state index in [4.69, 9.17) is 9.97 Å². The fraction of sp³-hybridized carbons (Fsp3) is 0. The van der Waals surface area contributed by atoms with Crippen LogP contribution in [0.4, 0.5) is 0 Å². The Morgan fingerprint density at radius 2 is 0.654 bits per heavy atom. The highest BCUT2D eigenvalue weighted by Gasteiger charge is 2.13. The fourth-order valence-electron chi connectivity index (χ4n) is 7.62. The molecule has 0 aliphatic rings. The number of fused-ring (bicyclic) bond motifs is 7. The highest BCUT2D eigenvalue weighted by molar-refractivity contribution is 6.25. The summed E-state index contributed by atoms with van der Waals surface area (Å²) in [7, 11) is 0. The molecule has 0 aliphatic heterocycles. The van der Waals surface area contributed by atoms with E-state index in [-0.39, 0.29) is 0 Å². The number of aromatic nitrogens is 2. The summed E-state index contributed by atoms with van der Waals surface area (Å²) in [5.41, 5.74) is 9.77. The van der Waals surface area contributed by atoms with Gasteiger partial charge in [0, 0.05) is 16.7 Å². The number of hydrogen-bond donors (Lipinski definition) is 0. The average molecular weight is 661 g/mol. The fourth-order valence-corrected chi connectivity index (χ4v) is 7.62. The van der Waals surface area contributed by atoms with Crippen LogP contribution in [0.3, 0.4) is 0 Å². The predicted molar refractivity (Wildman–Crippen MR) is 219 cm³/mol. The summed E-state index contributed by atoms with van der Waals surface area (Å²) >= 11 is 0. The second-order valence-electron chi connectivity index (χ2n) is 13.4. The highest BCUT2D eigenvalue weighted by atomic mass is 14.9. The van der Waals surface area contributed by atoms with Gasteiger partial charge in [0.1, 0.15) is 0 Å². The Balaban J connectivity index is 1.02. The summed E-state index contributed by atoms with van der Waals surface area (Å²) < 4.78 is 0. The van der Waals surface area contributed by atoms with Crippen LogP contribution in [0.2, 0.25) is 0 Å². The van der Waals surface area contributed by atoms with E-state index in [9.17, 15) is 0 Å². The quantitative estimate of drug-likeness (QED) is 0.172. The third-order valence-electron chi connectivity index (χ3n) is 10.2. The van der Waals surface area contributed by atoms with Crippen LogP contribution in [0.1, 0.15) is 0 Å². The van der Waals surface area contributed by atoms with Crippen LogP contribution in [0.5, 0.6) is 0 Å². The van der Waals surface area contributed by atoms with Crippen molar-refractivity contribution in [2.24, 2.45) is 0 Å². The molecule has 2 heteroatoms. The molecule has 2 nitrogen and oxygen atoms in total. The first-order valence-electron chi connectivity index (χ1n) is 17.7. The van der Waals surface area contributed by atoms with E-state index >= 15 is 0 Å². The first kappa shape index (κ1) is 30.0. The molecule has 0 radical (unpaired) electrons. The van der Waals surface area contributed by atoms with E-state index in [1.165, 1.54) is 65.3 Å². The SMILES string of the molecule is c1ccc(-c2cc(-c3ccc4cc(-c5cccc(-c6ccc7c8ccccc8c8ccccc8c7c6)c5)ccc4c3)nc(-c3ccccc3)n2)cc1. The first-order valence-corrected chi connectivity index (χ1v) is 17.7. The molecular formula is C50H32N2. The van der Waals surface area contributed by atoms with Gasteiger partial charge in [0.2, 0.25) is 0 Å². The molecule has 10 aromatic rings. The Morgan fingerprint density at radius 1 is 0.231 bits per heavy atom. The lowest BCUT2D eigenvalue weighted by Gasteiger charge is -2.13. The zero-order valence-corrected chi connectivity index (χ0v) is 28.4. The molecule has 10 rings (SSSR count). The van der Waals surface area contributed by atoms with Crippen LogP contribution in [-0.4, -0.2) is 9.97 Å². The Morgan fingerprint density at radius 3 is 1.29 bits per heavy atom. The Bertz CT molecular complexity index is 2850. The molecule has 0 atom stereocenters. The van der Waals surface area contributed by atoms with Crippen LogP contribution < -0.4 is 0 Å². The molecular weight excluding hydrogens is 629 g/mol. The Hall–Kier alpha value is -6.90. The molecule has 0 amide bonds. The maximum atomic E-state index is 5.05. The molecule has 0 bridgehead atoms. The van der Waals surface area contributed by atoms with Crippen LogP contribution in [0.25, 0.3) is 99.2 Å². The van der Waals surface area contributed by atoms with E-state index < -0.39 is 0 Å². The van der Waals surface area contributed by atoms with E-state index in [1.54, 1.807) is 0 Å². The summed E-state index contributed by atoms with van der Waals surface area (Å²) in [4.78, 5) is 10.0. The van der Waals surface area contributed by atoms with Crippen molar-refractivity contribution < 1.29 is 0 Å². The summed E-state index contributed by atoms with van der Waals surface area (Å²) in [6, 6.07) is 69.4. The van der Waals surface area contributed by atoms with Gasteiger partial charge in [-0.2, -0.15) is 0 Å². The van der Waals surface area contributed by atoms with Crippen molar-refractivity contribution in [2.75, 3.05) is 0 Å². The van der Waals surface area contributed by atoms with E-state index in [0.717, 1.165) is 33.9 Å². The van der Waals surface area contributed by atoms with Crippen molar-refractivity contribution in [3.63, 3.8) is 0 Å². The third kappa shape index (κ3) is 5.30. The molecule has 9 aromatic carbocycles. The second-order valence-corrected chi connectivity index (χ2v) is 13.4. The van der Waals surface area contributed by atoms with Crippen LogP contribution >= 0.6 is 0 Å². The number of hydrogen-bond acceptors (Lipinski definition) is 2. The van der Waals surface area contributed by atoms with Gasteiger partial charge in [0.05, 0.1) is 11.4 Å². The molecule has 0 spiro atoms. The molecule has 0 saturated carbocycles. The summed E-state index contributed by atoms with van der Waals surface area (Å²) in [6.07, 6.45) is 0. The zero-order chi connectivity index (χ0) is 34.4. The van der Waals surface area contributed by atoms with Gasteiger partial charge in [-0.3, -0.25) is 0 Å². The minimum Gasteiger partial charge on any atom is -0.228 e. The van der Waals surface area contributed by atoms with Gasteiger partial charge >= 0.3 is 0 Å². The van der Waals surface area contributed by atoms with Crippen LogP contribution in [0.15, 0.2) is 194 Å². The number of benzene rings is 9. The minimum absolute atomic E-state index is 0.722. The van der Waals surface area contributed by atoms with Gasteiger partial charge in [0.25, 0.3) is 0 Å². The smallest absolute Gasteiger partial charge is 0.160 e. The van der Waals surface area contributed by atoms with Crippen molar-refractivity contribution >= 4 is 43.1 Å². The lowest BCUT2D eigenvalue weighted by atomic mass is 9.91. The predicted octanol–water partition coefficient (Wildman–Crippen LogP) is 13.4. The van der Waals surface area contributed by atoms with Crippen molar-refractivity contribution in [3.05, 3.63) is 194 Å². The lowest BCUT2D eigenvalue weighted by Crippen LogP contribution is -1.95. The second kappa shape index (κ2) is 12.5. The molecule has 242 valence electrons. The molecule has 0 fully saturated rings. The molecule has 0 unspecified atom stereocenters. The number of nitrogens with zero attached hydrogens (tertiary/aromatic N) is 2. The average Bonchev–Trinajstić information content (AvgIpc) is 3.23. The van der Waals surface area contributed by atoms with Gasteiger partial charge in [-0.1, -0.05) is 164 Å². The summed E-state index contributed by atoms with van der Waals surface area (Å²) in [6.45, 7) is 0. The van der Waals surface area contributed by atoms with Crippen molar-refractivity contribution in [3.8, 4) is 56.2 Å². The lowest BCUT2D eigenvalue weighted by molar-refractivity contribution is 1.18. The van der Waals surface area contributed by atoms with Gasteiger partial charge < -0.3 is 0 Å². The molecule has 0 N–H and O–H groups in total. The molecule has 0 aliphatic carbocycles. The molecule has 52 heavy (non-hydrogen) atoms. The van der Waals surface area contributed by atoms with Crippen molar-refractivity contribution in [1.29, 1.82) is 0 Å². The monoisotopic (exact) mass is 660 g/mol.